The summed E-state index contributed by atoms with van der Waals surface area (Å²) < 4.78 is 23.7. The van der Waals surface area contributed by atoms with Gasteiger partial charge >= 0.3 is 0 Å². The molecule has 0 aliphatic carbocycles. The number of benzene rings is 3. The van der Waals surface area contributed by atoms with Crippen LogP contribution in [0.25, 0.3) is 0 Å². The van der Waals surface area contributed by atoms with Gasteiger partial charge in [0.25, 0.3) is 0 Å². The monoisotopic (exact) mass is 488 g/mol. The quantitative estimate of drug-likeness (QED) is 0.258. The fourth-order valence-corrected chi connectivity index (χ4v) is 3.91. The number of aliphatic hydroxyl groups is 2. The molecule has 1 heterocycles. The maximum absolute atomic E-state index is 11.2. The molecule has 0 spiro atoms. The van der Waals surface area contributed by atoms with Gasteiger partial charge in [0.05, 0.1) is 32.7 Å². The van der Waals surface area contributed by atoms with Crippen molar-refractivity contribution < 1.29 is 28.8 Å². The molecule has 0 saturated carbocycles. The van der Waals surface area contributed by atoms with Crippen molar-refractivity contribution in [1.29, 1.82) is 0 Å². The maximum Gasteiger partial charge on any atom is 0.140 e. The van der Waals surface area contributed by atoms with Gasteiger partial charge in [0, 0.05) is 0 Å². The molecule has 2 N–H and O–H groups in total. The van der Waals surface area contributed by atoms with Gasteiger partial charge in [0.2, 0.25) is 0 Å². The molecule has 0 unspecified atom stereocenters. The minimum atomic E-state index is -1.16. The third-order valence-electron chi connectivity index (χ3n) is 5.82. The lowest BCUT2D eigenvalue weighted by Gasteiger charge is -2.33. The van der Waals surface area contributed by atoms with E-state index in [4.69, 9.17) is 18.6 Å². The van der Waals surface area contributed by atoms with Crippen LogP contribution in [-0.4, -0.2) is 35.1 Å². The van der Waals surface area contributed by atoms with Crippen LogP contribution in [0.15, 0.2) is 114 Å². The highest BCUT2D eigenvalue weighted by Crippen LogP contribution is 2.27. The van der Waals surface area contributed by atoms with Gasteiger partial charge in [0.1, 0.15) is 30.2 Å². The molecule has 4 atom stereocenters. The molecule has 4 aromatic rings. The highest BCUT2D eigenvalue weighted by atomic mass is 16.6. The van der Waals surface area contributed by atoms with Crippen LogP contribution in [-0.2, 0) is 34.0 Å². The number of aliphatic hydroxyl groups excluding tert-OH is 2. The van der Waals surface area contributed by atoms with E-state index in [0.717, 1.165) is 16.7 Å². The van der Waals surface area contributed by atoms with Crippen LogP contribution < -0.4 is 0 Å². The summed E-state index contributed by atoms with van der Waals surface area (Å²) in [6.45, 7) is 0.813. The third-order valence-corrected chi connectivity index (χ3v) is 5.82. The number of hydrogen-bond acceptors (Lipinski definition) is 6. The summed E-state index contributed by atoms with van der Waals surface area (Å²) in [5.74, 6) is 0.332. The first kappa shape index (κ1) is 25.8. The summed E-state index contributed by atoms with van der Waals surface area (Å²) >= 11 is 0. The minimum Gasteiger partial charge on any atom is -0.466 e. The van der Waals surface area contributed by atoms with Gasteiger partial charge in [-0.25, -0.2) is 0 Å². The fraction of sp³-hybridized carbons (Fsp3) is 0.267. The molecule has 0 bridgehead atoms. The van der Waals surface area contributed by atoms with E-state index >= 15 is 0 Å². The number of ether oxygens (including phenoxy) is 3. The van der Waals surface area contributed by atoms with E-state index in [-0.39, 0.29) is 19.8 Å². The van der Waals surface area contributed by atoms with Gasteiger partial charge in [0.15, 0.2) is 0 Å². The molecule has 1 aromatic heterocycles. The average Bonchev–Trinajstić information content (AvgIpc) is 3.47. The summed E-state index contributed by atoms with van der Waals surface area (Å²) in [6.07, 6.45) is -2.55. The zero-order valence-corrected chi connectivity index (χ0v) is 20.1. The second-order valence-electron chi connectivity index (χ2n) is 8.55. The molecule has 0 aliphatic rings. The Kier molecular flexibility index (Phi) is 9.85. The van der Waals surface area contributed by atoms with E-state index in [1.165, 1.54) is 6.26 Å². The van der Waals surface area contributed by atoms with E-state index in [1.807, 2.05) is 91.0 Å². The molecule has 188 valence electrons. The van der Waals surface area contributed by atoms with Gasteiger partial charge in [-0.3, -0.25) is 0 Å². The largest absolute Gasteiger partial charge is 0.466 e. The molecule has 36 heavy (non-hydrogen) atoms. The Balaban J connectivity index is 1.52. The van der Waals surface area contributed by atoms with E-state index < -0.39 is 24.4 Å². The van der Waals surface area contributed by atoms with Gasteiger partial charge in [-0.2, -0.15) is 0 Å². The zero-order chi connectivity index (χ0) is 25.0. The molecule has 6 heteroatoms. The highest BCUT2D eigenvalue weighted by Gasteiger charge is 2.37. The molecule has 0 aliphatic heterocycles. The molecular formula is C30H32O6. The van der Waals surface area contributed by atoms with Crippen LogP contribution in [0, 0.1) is 0 Å². The number of rotatable bonds is 14. The normalized spacial score (nSPS) is 14.7. The van der Waals surface area contributed by atoms with Crippen molar-refractivity contribution >= 4 is 0 Å². The second-order valence-corrected chi connectivity index (χ2v) is 8.55. The SMILES string of the molecule is O[C@H](COCc1ccccc1)[C@H](OCc1ccccc1)[C@H](OCc1ccccc1)[C@@H](O)c1ccco1. The lowest BCUT2D eigenvalue weighted by Crippen LogP contribution is -2.46. The summed E-state index contributed by atoms with van der Waals surface area (Å²) in [5, 5.41) is 22.4. The standard InChI is InChI=1S/C30H32O6/c31-26(22-33-19-23-11-4-1-5-12-23)29(35-20-24-13-6-2-7-14-24)30(28(32)27-17-10-18-34-27)36-21-25-15-8-3-9-16-25/h1-18,26,28-32H,19-22H2/t26-,28+,29+,30-/m1/s1. The molecular weight excluding hydrogens is 456 g/mol. The van der Waals surface area contributed by atoms with Crippen LogP contribution in [0.1, 0.15) is 28.6 Å². The lowest BCUT2D eigenvalue weighted by molar-refractivity contribution is -0.180. The first-order valence-corrected chi connectivity index (χ1v) is 12.0. The molecule has 3 aromatic carbocycles. The topological polar surface area (TPSA) is 81.3 Å². The van der Waals surface area contributed by atoms with Crippen molar-refractivity contribution in [2.45, 2.75) is 44.2 Å². The Hall–Kier alpha value is -3.26. The Bertz CT molecular complexity index is 1100. The summed E-state index contributed by atoms with van der Waals surface area (Å²) in [6, 6.07) is 32.4. The van der Waals surface area contributed by atoms with Crippen LogP contribution in [0.2, 0.25) is 0 Å². The van der Waals surface area contributed by atoms with Gasteiger partial charge in [-0.15, -0.1) is 0 Å². The van der Waals surface area contributed by atoms with Gasteiger partial charge in [-0.1, -0.05) is 91.0 Å². The predicted octanol–water partition coefficient (Wildman–Crippen LogP) is 5.06. The van der Waals surface area contributed by atoms with E-state index in [2.05, 4.69) is 0 Å². The zero-order valence-electron chi connectivity index (χ0n) is 20.1. The Morgan fingerprint density at radius 3 is 1.58 bits per heavy atom. The van der Waals surface area contributed by atoms with Crippen molar-refractivity contribution in [3.63, 3.8) is 0 Å². The van der Waals surface area contributed by atoms with Crippen molar-refractivity contribution in [3.05, 3.63) is 132 Å². The smallest absolute Gasteiger partial charge is 0.140 e. The third kappa shape index (κ3) is 7.62. The Morgan fingerprint density at radius 2 is 1.08 bits per heavy atom. The first-order valence-electron chi connectivity index (χ1n) is 12.0. The van der Waals surface area contributed by atoms with Crippen LogP contribution in [0.5, 0.6) is 0 Å². The van der Waals surface area contributed by atoms with E-state index in [1.54, 1.807) is 12.1 Å². The van der Waals surface area contributed by atoms with Crippen LogP contribution in [0.3, 0.4) is 0 Å². The van der Waals surface area contributed by atoms with Crippen molar-refractivity contribution in [2.24, 2.45) is 0 Å². The number of hydrogen-bond donors (Lipinski definition) is 2. The summed E-state index contributed by atoms with van der Waals surface area (Å²) in [7, 11) is 0. The molecule has 0 saturated heterocycles. The molecule has 0 amide bonds. The Labute approximate surface area is 211 Å². The van der Waals surface area contributed by atoms with Gasteiger partial charge in [-0.05, 0) is 28.8 Å². The average molecular weight is 489 g/mol. The van der Waals surface area contributed by atoms with Crippen molar-refractivity contribution in [2.75, 3.05) is 6.61 Å². The van der Waals surface area contributed by atoms with Crippen molar-refractivity contribution in [1.82, 2.24) is 0 Å². The first-order chi connectivity index (χ1) is 17.7. The van der Waals surface area contributed by atoms with Gasteiger partial charge < -0.3 is 28.8 Å². The highest BCUT2D eigenvalue weighted by molar-refractivity contribution is 5.15. The van der Waals surface area contributed by atoms with Crippen molar-refractivity contribution in [3.8, 4) is 0 Å². The lowest BCUT2D eigenvalue weighted by atomic mass is 10.0. The van der Waals surface area contributed by atoms with Crippen LogP contribution in [0.4, 0.5) is 0 Å². The van der Waals surface area contributed by atoms with Crippen LogP contribution >= 0.6 is 0 Å². The number of furan rings is 1. The second kappa shape index (κ2) is 13.7. The minimum absolute atomic E-state index is 0.00439. The van der Waals surface area contributed by atoms with E-state index in [9.17, 15) is 10.2 Å². The summed E-state index contributed by atoms with van der Waals surface area (Å²) in [4.78, 5) is 0. The summed E-state index contributed by atoms with van der Waals surface area (Å²) in [5.41, 5.74) is 2.87. The molecule has 0 fully saturated rings. The maximum atomic E-state index is 11.2. The molecule has 6 nitrogen and oxygen atoms in total. The van der Waals surface area contributed by atoms with E-state index in [0.29, 0.717) is 12.4 Å². The Morgan fingerprint density at radius 1 is 0.583 bits per heavy atom. The molecule has 4 rings (SSSR count). The predicted molar refractivity (Wildman–Crippen MR) is 136 cm³/mol. The molecule has 0 radical (unpaired) electrons. The fourth-order valence-electron chi connectivity index (χ4n) is 3.91.